The summed E-state index contributed by atoms with van der Waals surface area (Å²) in [6.07, 6.45) is 1.55. The van der Waals surface area contributed by atoms with Crippen LogP contribution in [-0.4, -0.2) is 84.4 Å². The molecule has 0 radical (unpaired) electrons. The summed E-state index contributed by atoms with van der Waals surface area (Å²) < 4.78 is 0. The zero-order chi connectivity index (χ0) is 19.4. The van der Waals surface area contributed by atoms with Crippen LogP contribution < -0.4 is 0 Å². The first kappa shape index (κ1) is 19.7. The molecule has 6 nitrogen and oxygen atoms in total. The van der Waals surface area contributed by atoms with Crippen molar-refractivity contribution < 1.29 is 9.59 Å². The third-order valence-electron chi connectivity index (χ3n) is 5.74. The zero-order valence-corrected chi connectivity index (χ0v) is 16.8. The first-order valence-corrected chi connectivity index (χ1v) is 9.98. The molecule has 0 unspecified atom stereocenters. The molecule has 2 saturated heterocycles. The molecule has 2 aliphatic heterocycles. The molecular weight excluding hydrogens is 340 g/mol. The van der Waals surface area contributed by atoms with Gasteiger partial charge >= 0.3 is 6.03 Å². The number of hydrogen-bond donors (Lipinski definition) is 0. The molecule has 1 aromatic carbocycles. The van der Waals surface area contributed by atoms with Crippen LogP contribution in [0, 0.1) is 5.92 Å². The minimum atomic E-state index is 0.0452. The normalized spacial score (nSPS) is 22.0. The van der Waals surface area contributed by atoms with E-state index in [1.54, 1.807) is 19.0 Å². The van der Waals surface area contributed by atoms with Gasteiger partial charge in [-0.3, -0.25) is 9.69 Å². The fourth-order valence-electron chi connectivity index (χ4n) is 4.18. The summed E-state index contributed by atoms with van der Waals surface area (Å²) in [5.41, 5.74) is 1.32. The Labute approximate surface area is 162 Å². The van der Waals surface area contributed by atoms with E-state index in [0.29, 0.717) is 13.1 Å². The Balaban J connectivity index is 1.49. The van der Waals surface area contributed by atoms with Crippen LogP contribution in [0.5, 0.6) is 0 Å². The molecule has 0 aromatic heterocycles. The second-order valence-electron chi connectivity index (χ2n) is 8.04. The second-order valence-corrected chi connectivity index (χ2v) is 8.04. The van der Waals surface area contributed by atoms with E-state index in [0.717, 1.165) is 39.0 Å². The maximum absolute atomic E-state index is 13.0. The largest absolute Gasteiger partial charge is 0.337 e. The lowest BCUT2D eigenvalue weighted by Crippen LogP contribution is -2.56. The van der Waals surface area contributed by atoms with Gasteiger partial charge in [-0.1, -0.05) is 30.3 Å². The number of carbonyl (C=O) groups excluding carboxylic acids is 2. The summed E-state index contributed by atoms with van der Waals surface area (Å²) in [4.78, 5) is 33.1. The van der Waals surface area contributed by atoms with Crippen molar-refractivity contribution in [1.29, 1.82) is 0 Å². The quantitative estimate of drug-likeness (QED) is 0.816. The lowest BCUT2D eigenvalue weighted by atomic mass is 9.94. The average Bonchev–Trinajstić information content (AvgIpc) is 2.68. The van der Waals surface area contributed by atoms with Crippen LogP contribution in [0.2, 0.25) is 0 Å². The van der Waals surface area contributed by atoms with Gasteiger partial charge < -0.3 is 14.7 Å². The van der Waals surface area contributed by atoms with E-state index >= 15 is 0 Å². The maximum atomic E-state index is 13.0. The molecule has 148 valence electrons. The smallest absolute Gasteiger partial charge is 0.319 e. The van der Waals surface area contributed by atoms with Crippen molar-refractivity contribution in [2.24, 2.45) is 5.92 Å². The van der Waals surface area contributed by atoms with Crippen molar-refractivity contribution in [1.82, 2.24) is 19.6 Å². The maximum Gasteiger partial charge on any atom is 0.319 e. The van der Waals surface area contributed by atoms with Crippen LogP contribution in [0.25, 0.3) is 0 Å². The molecule has 3 amide bonds. The number of hydrogen-bond acceptors (Lipinski definition) is 3. The predicted octanol–water partition coefficient (Wildman–Crippen LogP) is 2.11. The lowest BCUT2D eigenvalue weighted by molar-refractivity contribution is -0.141. The molecule has 0 saturated carbocycles. The van der Waals surface area contributed by atoms with Crippen molar-refractivity contribution in [2.45, 2.75) is 32.4 Å². The van der Waals surface area contributed by atoms with Gasteiger partial charge in [0.05, 0.1) is 0 Å². The third kappa shape index (κ3) is 4.80. The van der Waals surface area contributed by atoms with Crippen LogP contribution in [0.1, 0.15) is 25.3 Å². The molecule has 1 atom stereocenters. The van der Waals surface area contributed by atoms with E-state index in [2.05, 4.69) is 41.0 Å². The fourth-order valence-corrected chi connectivity index (χ4v) is 4.18. The van der Waals surface area contributed by atoms with Gasteiger partial charge in [0.15, 0.2) is 0 Å². The summed E-state index contributed by atoms with van der Waals surface area (Å²) in [5, 5.41) is 0. The summed E-state index contributed by atoms with van der Waals surface area (Å²) >= 11 is 0. The Morgan fingerprint density at radius 1 is 1.04 bits per heavy atom. The van der Waals surface area contributed by atoms with E-state index in [1.807, 2.05) is 11.0 Å². The third-order valence-corrected chi connectivity index (χ3v) is 5.74. The molecule has 2 fully saturated rings. The fraction of sp³-hybridized carbons (Fsp3) is 0.619. The molecule has 0 spiro atoms. The van der Waals surface area contributed by atoms with Crippen LogP contribution in [-0.2, 0) is 11.3 Å². The average molecular weight is 373 g/mol. The Morgan fingerprint density at radius 3 is 2.30 bits per heavy atom. The second kappa shape index (κ2) is 8.74. The Morgan fingerprint density at radius 2 is 1.70 bits per heavy atom. The zero-order valence-electron chi connectivity index (χ0n) is 16.8. The number of benzene rings is 1. The number of likely N-dealkylation sites (tertiary alicyclic amines) is 1. The molecule has 2 aliphatic rings. The van der Waals surface area contributed by atoms with Crippen LogP contribution in [0.15, 0.2) is 30.3 Å². The molecule has 0 bridgehead atoms. The van der Waals surface area contributed by atoms with E-state index in [9.17, 15) is 9.59 Å². The minimum Gasteiger partial charge on any atom is -0.337 e. The molecule has 1 aromatic rings. The number of piperazine rings is 1. The van der Waals surface area contributed by atoms with Crippen LogP contribution in [0.3, 0.4) is 0 Å². The minimum absolute atomic E-state index is 0.0452. The number of rotatable bonds is 3. The van der Waals surface area contributed by atoms with E-state index in [1.165, 1.54) is 5.56 Å². The molecule has 2 heterocycles. The summed E-state index contributed by atoms with van der Waals surface area (Å²) in [5.74, 6) is 0.332. The summed E-state index contributed by atoms with van der Waals surface area (Å²) in [7, 11) is 3.55. The van der Waals surface area contributed by atoms with Crippen molar-refractivity contribution in [3.05, 3.63) is 35.9 Å². The molecule has 3 rings (SSSR count). The van der Waals surface area contributed by atoms with Crippen LogP contribution in [0.4, 0.5) is 4.79 Å². The predicted molar refractivity (Wildman–Crippen MR) is 106 cm³/mol. The van der Waals surface area contributed by atoms with E-state index in [-0.39, 0.29) is 23.9 Å². The van der Waals surface area contributed by atoms with E-state index in [4.69, 9.17) is 0 Å². The molecular formula is C21H32N4O2. The van der Waals surface area contributed by atoms with Gasteiger partial charge in [-0.25, -0.2) is 4.79 Å². The van der Waals surface area contributed by atoms with Gasteiger partial charge in [-0.15, -0.1) is 0 Å². The molecule has 0 N–H and O–H groups in total. The Kier molecular flexibility index (Phi) is 6.37. The molecule has 0 aliphatic carbocycles. The summed E-state index contributed by atoms with van der Waals surface area (Å²) in [6, 6.07) is 10.8. The summed E-state index contributed by atoms with van der Waals surface area (Å²) in [6.45, 7) is 7.08. The van der Waals surface area contributed by atoms with Crippen LogP contribution >= 0.6 is 0 Å². The van der Waals surface area contributed by atoms with Gasteiger partial charge in [0, 0.05) is 65.3 Å². The van der Waals surface area contributed by atoms with Crippen molar-refractivity contribution in [3.63, 3.8) is 0 Å². The highest BCUT2D eigenvalue weighted by molar-refractivity contribution is 5.80. The number of urea groups is 1. The standard InChI is InChI=1S/C21H32N4O2/c1-17-15-23(16-18-7-5-4-6-8-18)13-14-25(17)20(26)19-9-11-24(12-10-19)21(27)22(2)3/h4-8,17,19H,9-16H2,1-3H3/t17-/m1/s1. The van der Waals surface area contributed by atoms with Crippen molar-refractivity contribution in [2.75, 3.05) is 46.8 Å². The lowest BCUT2D eigenvalue weighted by Gasteiger charge is -2.42. The van der Waals surface area contributed by atoms with Gasteiger partial charge in [-0.2, -0.15) is 0 Å². The number of carbonyl (C=O) groups is 2. The van der Waals surface area contributed by atoms with Crippen molar-refractivity contribution >= 4 is 11.9 Å². The number of nitrogens with zero attached hydrogens (tertiary/aromatic N) is 4. The highest BCUT2D eigenvalue weighted by atomic mass is 16.2. The van der Waals surface area contributed by atoms with Gasteiger partial charge in [-0.05, 0) is 25.3 Å². The first-order valence-electron chi connectivity index (χ1n) is 9.98. The van der Waals surface area contributed by atoms with Crippen molar-refractivity contribution in [3.8, 4) is 0 Å². The van der Waals surface area contributed by atoms with E-state index < -0.39 is 0 Å². The SMILES string of the molecule is C[C@@H]1CN(Cc2ccccc2)CCN1C(=O)C1CCN(C(=O)N(C)C)CC1. The van der Waals surface area contributed by atoms with Gasteiger partial charge in [0.2, 0.25) is 5.91 Å². The van der Waals surface area contributed by atoms with Gasteiger partial charge in [0.25, 0.3) is 0 Å². The Bertz CT molecular complexity index is 641. The Hall–Kier alpha value is -2.08. The highest BCUT2D eigenvalue weighted by Gasteiger charge is 2.34. The first-order chi connectivity index (χ1) is 13.0. The number of amides is 3. The topological polar surface area (TPSA) is 47.1 Å². The highest BCUT2D eigenvalue weighted by Crippen LogP contribution is 2.23. The molecule has 27 heavy (non-hydrogen) atoms. The monoisotopic (exact) mass is 372 g/mol. The number of piperidine rings is 1. The van der Waals surface area contributed by atoms with Gasteiger partial charge in [0.1, 0.15) is 0 Å². The molecule has 6 heteroatoms.